The van der Waals surface area contributed by atoms with E-state index < -0.39 is 22.7 Å². The van der Waals surface area contributed by atoms with Crippen LogP contribution in [0.1, 0.15) is 73.6 Å². The number of hydrogen-bond acceptors (Lipinski definition) is 5. The number of anilines is 1. The van der Waals surface area contributed by atoms with E-state index in [9.17, 15) is 23.1 Å². The summed E-state index contributed by atoms with van der Waals surface area (Å²) in [5.41, 5.74) is -0.205. The summed E-state index contributed by atoms with van der Waals surface area (Å²) < 4.78 is 40.5. The number of carbonyl (C=O) groups excluding carboxylic acids is 1. The first-order valence-corrected chi connectivity index (χ1v) is 11.4. The van der Waals surface area contributed by atoms with Crippen LogP contribution in [0.15, 0.2) is 23.7 Å². The normalized spacial score (nSPS) is 20.0. The highest BCUT2D eigenvalue weighted by Gasteiger charge is 2.35. The molecule has 2 aromatic heterocycles. The summed E-state index contributed by atoms with van der Waals surface area (Å²) in [7, 11) is 0. The van der Waals surface area contributed by atoms with Gasteiger partial charge in [0.1, 0.15) is 5.69 Å². The van der Waals surface area contributed by atoms with Crippen LogP contribution in [-0.2, 0) is 11.8 Å². The predicted molar refractivity (Wildman–Crippen MR) is 117 cm³/mol. The summed E-state index contributed by atoms with van der Waals surface area (Å²) >= 11 is 0.367. The maximum absolute atomic E-state index is 12.8. The molecule has 1 aliphatic carbocycles. The number of fused-ring (bicyclic) bond motifs is 1. The molecule has 10 heteroatoms. The first-order chi connectivity index (χ1) is 14.9. The number of alkyl halides is 3. The van der Waals surface area contributed by atoms with E-state index in [1.54, 1.807) is 26.0 Å². The van der Waals surface area contributed by atoms with Crippen molar-refractivity contribution in [1.82, 2.24) is 14.8 Å². The number of amides is 1. The molecular weight excluding hydrogens is 441 g/mol. The molecule has 3 aromatic rings. The van der Waals surface area contributed by atoms with Gasteiger partial charge in [0.15, 0.2) is 5.01 Å². The van der Waals surface area contributed by atoms with Crippen molar-refractivity contribution in [2.24, 2.45) is 5.92 Å². The molecule has 6 nitrogen and oxygen atoms in total. The largest absolute Gasteiger partial charge is 0.443 e. The van der Waals surface area contributed by atoms with Crippen molar-refractivity contribution in [3.05, 3.63) is 40.0 Å². The molecule has 1 fully saturated rings. The van der Waals surface area contributed by atoms with Gasteiger partial charge in [0.25, 0.3) is 5.91 Å². The molecule has 0 unspecified atom stereocenters. The molecule has 1 saturated carbocycles. The number of hydrogen-bond donors (Lipinski definition) is 2. The number of halogens is 3. The number of aromatic nitrogens is 3. The summed E-state index contributed by atoms with van der Waals surface area (Å²) in [5, 5.41) is 18.8. The highest BCUT2D eigenvalue weighted by Crippen LogP contribution is 2.36. The molecule has 2 N–H and O–H groups in total. The molecule has 4 rings (SSSR count). The van der Waals surface area contributed by atoms with Gasteiger partial charge in [0.2, 0.25) is 0 Å². The number of rotatable bonds is 4. The summed E-state index contributed by atoms with van der Waals surface area (Å²) in [5.74, 6) is -0.0568. The summed E-state index contributed by atoms with van der Waals surface area (Å²) in [4.78, 5) is 16.0. The van der Waals surface area contributed by atoms with Crippen LogP contribution in [0.3, 0.4) is 0 Å². The second-order valence-corrected chi connectivity index (χ2v) is 9.89. The van der Waals surface area contributed by atoms with Crippen LogP contribution in [-0.4, -0.2) is 25.8 Å². The van der Waals surface area contributed by atoms with E-state index in [0.717, 1.165) is 36.4 Å². The number of nitrogens with one attached hydrogen (secondary N) is 1. The minimum absolute atomic E-state index is 0.304. The third-order valence-electron chi connectivity index (χ3n) is 5.91. The highest BCUT2D eigenvalue weighted by atomic mass is 32.1. The summed E-state index contributed by atoms with van der Waals surface area (Å²) in [6.45, 7) is 5.41. The zero-order valence-electron chi connectivity index (χ0n) is 18.0. The van der Waals surface area contributed by atoms with E-state index in [-0.39, 0.29) is 5.69 Å². The lowest BCUT2D eigenvalue weighted by Gasteiger charge is -2.26. The Morgan fingerprint density at radius 1 is 1.22 bits per heavy atom. The molecule has 1 aliphatic rings. The van der Waals surface area contributed by atoms with E-state index >= 15 is 0 Å². The average molecular weight is 467 g/mol. The van der Waals surface area contributed by atoms with Gasteiger partial charge in [0, 0.05) is 28.2 Å². The molecule has 0 atom stereocenters. The van der Waals surface area contributed by atoms with Crippen LogP contribution in [0, 0.1) is 5.92 Å². The fourth-order valence-electron chi connectivity index (χ4n) is 4.09. The zero-order chi connectivity index (χ0) is 23.3. The van der Waals surface area contributed by atoms with Crippen molar-refractivity contribution in [2.45, 2.75) is 64.3 Å². The average Bonchev–Trinajstić information content (AvgIpc) is 3.34. The lowest BCUT2D eigenvalue weighted by atomic mass is 9.87. The molecule has 172 valence electrons. The van der Waals surface area contributed by atoms with Gasteiger partial charge in [-0.15, -0.1) is 11.3 Å². The fraction of sp³-hybridized carbons (Fsp3) is 0.500. The van der Waals surface area contributed by atoms with E-state index in [2.05, 4.69) is 17.2 Å². The minimum atomic E-state index is -4.61. The Morgan fingerprint density at radius 2 is 1.91 bits per heavy atom. The Labute approximate surface area is 187 Å². The van der Waals surface area contributed by atoms with Crippen molar-refractivity contribution in [3.8, 4) is 0 Å². The van der Waals surface area contributed by atoms with E-state index in [1.807, 2.05) is 10.9 Å². The topological polar surface area (TPSA) is 80.0 Å². The zero-order valence-corrected chi connectivity index (χ0v) is 18.8. The third-order valence-corrected chi connectivity index (χ3v) is 6.79. The third kappa shape index (κ3) is 4.66. The maximum atomic E-state index is 12.8. The SMILES string of the molecule is CC1CCC(n2cc3cc(NC(=O)c4csc(C(F)(F)F)n4)c(C(C)(C)O)cc3n2)CC1. The first-order valence-electron chi connectivity index (χ1n) is 10.5. The van der Waals surface area contributed by atoms with Crippen LogP contribution in [0.4, 0.5) is 18.9 Å². The molecule has 0 aliphatic heterocycles. The summed E-state index contributed by atoms with van der Waals surface area (Å²) in [6.07, 6.45) is 1.69. The van der Waals surface area contributed by atoms with E-state index in [4.69, 9.17) is 5.10 Å². The van der Waals surface area contributed by atoms with Gasteiger partial charge < -0.3 is 10.4 Å². The monoisotopic (exact) mass is 466 g/mol. The van der Waals surface area contributed by atoms with Crippen molar-refractivity contribution in [3.63, 3.8) is 0 Å². The van der Waals surface area contributed by atoms with Crippen LogP contribution in [0.25, 0.3) is 10.9 Å². The number of carbonyl (C=O) groups is 1. The van der Waals surface area contributed by atoms with E-state index in [1.165, 1.54) is 0 Å². The van der Waals surface area contributed by atoms with Crippen LogP contribution >= 0.6 is 11.3 Å². The number of aliphatic hydroxyl groups is 1. The Hall–Kier alpha value is -2.46. The molecular formula is C22H25F3N4O2S. The first kappa shape index (κ1) is 22.7. The van der Waals surface area contributed by atoms with Gasteiger partial charge in [-0.25, -0.2) is 4.98 Å². The van der Waals surface area contributed by atoms with Gasteiger partial charge >= 0.3 is 6.18 Å². The maximum Gasteiger partial charge on any atom is 0.443 e. The van der Waals surface area contributed by atoms with Crippen molar-refractivity contribution < 1.29 is 23.1 Å². The molecule has 1 amide bonds. The minimum Gasteiger partial charge on any atom is -0.386 e. The Kier molecular flexibility index (Phi) is 5.79. The van der Waals surface area contributed by atoms with Gasteiger partial charge in [-0.1, -0.05) is 6.92 Å². The molecule has 1 aromatic carbocycles. The Balaban J connectivity index is 1.66. The van der Waals surface area contributed by atoms with Crippen LogP contribution in [0.5, 0.6) is 0 Å². The predicted octanol–water partition coefficient (Wildman–Crippen LogP) is 5.74. The second kappa shape index (κ2) is 8.15. The van der Waals surface area contributed by atoms with Gasteiger partial charge in [0.05, 0.1) is 17.2 Å². The molecule has 32 heavy (non-hydrogen) atoms. The smallest absolute Gasteiger partial charge is 0.386 e. The molecule has 0 radical (unpaired) electrons. The highest BCUT2D eigenvalue weighted by molar-refractivity contribution is 7.10. The lowest BCUT2D eigenvalue weighted by molar-refractivity contribution is -0.137. The van der Waals surface area contributed by atoms with E-state index in [0.29, 0.717) is 40.1 Å². The fourth-order valence-corrected chi connectivity index (χ4v) is 4.76. The summed E-state index contributed by atoms with van der Waals surface area (Å²) in [6, 6.07) is 3.72. The van der Waals surface area contributed by atoms with Crippen LogP contribution < -0.4 is 5.32 Å². The van der Waals surface area contributed by atoms with Crippen molar-refractivity contribution in [1.29, 1.82) is 0 Å². The second-order valence-electron chi connectivity index (χ2n) is 9.03. The molecule has 0 saturated heterocycles. The van der Waals surface area contributed by atoms with Crippen molar-refractivity contribution in [2.75, 3.05) is 5.32 Å². The van der Waals surface area contributed by atoms with Gasteiger partial charge in [-0.2, -0.15) is 18.3 Å². The number of nitrogens with zero attached hydrogens (tertiary/aromatic N) is 3. The lowest BCUT2D eigenvalue weighted by Crippen LogP contribution is -2.21. The standard InChI is InChI=1S/C22H25F3N4O2S/c1-12-4-6-14(7-5-12)29-10-13-8-17(15(21(2,3)31)9-16(13)28-29)26-19(30)18-11-32-20(27-18)22(23,24)25/h8-12,14,31H,4-7H2,1-3H3,(H,26,30). The molecule has 2 heterocycles. The molecule has 0 bridgehead atoms. The Bertz CT molecular complexity index is 1140. The van der Waals surface area contributed by atoms with Gasteiger partial charge in [-0.3, -0.25) is 9.48 Å². The quantitative estimate of drug-likeness (QED) is 0.514. The number of benzene rings is 1. The van der Waals surface area contributed by atoms with Crippen molar-refractivity contribution >= 4 is 33.8 Å². The van der Waals surface area contributed by atoms with Crippen LogP contribution in [0.2, 0.25) is 0 Å². The number of thiazole rings is 1. The molecule has 0 spiro atoms. The van der Waals surface area contributed by atoms with Gasteiger partial charge in [-0.05, 0) is 57.6 Å². The Morgan fingerprint density at radius 3 is 2.50 bits per heavy atom.